The molecule has 9 nitrogen and oxygen atoms in total. The number of amides is 2. The largest absolute Gasteiger partial charge is 0.482 e. The molecule has 0 spiro atoms. The number of nitrogens with two attached hydrogens (primary N) is 1. The number of rotatable bonds is 8. The molecular formula is C20H26N4O5S. The number of carbonyl (C=O) groups excluding carboxylic acids is 2. The minimum Gasteiger partial charge on any atom is -0.482 e. The third kappa shape index (κ3) is 6.46. The van der Waals surface area contributed by atoms with Gasteiger partial charge in [-0.15, -0.1) is 0 Å². The molecule has 0 aliphatic rings. The Balaban J connectivity index is 2.06. The molecule has 10 heteroatoms. The van der Waals surface area contributed by atoms with Crippen LogP contribution in [-0.2, 0) is 19.6 Å². The molecule has 30 heavy (non-hydrogen) atoms. The van der Waals surface area contributed by atoms with Crippen LogP contribution in [0.5, 0.6) is 5.75 Å². The van der Waals surface area contributed by atoms with Crippen LogP contribution in [0.2, 0.25) is 0 Å². The average molecular weight is 435 g/mol. The summed E-state index contributed by atoms with van der Waals surface area (Å²) >= 11 is 0. The number of ether oxygens (including phenoxy) is 1. The topological polar surface area (TPSA) is 131 Å². The van der Waals surface area contributed by atoms with Crippen LogP contribution in [0.25, 0.3) is 0 Å². The molecule has 0 heterocycles. The van der Waals surface area contributed by atoms with E-state index in [0.717, 1.165) is 5.56 Å². The summed E-state index contributed by atoms with van der Waals surface area (Å²) in [7, 11) is -0.513. The molecule has 2 aromatic rings. The average Bonchev–Trinajstić information content (AvgIpc) is 2.67. The number of benzene rings is 2. The van der Waals surface area contributed by atoms with E-state index in [0.29, 0.717) is 17.1 Å². The van der Waals surface area contributed by atoms with E-state index in [2.05, 4.69) is 10.6 Å². The fraction of sp³-hybridized carbons (Fsp3) is 0.300. The van der Waals surface area contributed by atoms with Gasteiger partial charge in [-0.1, -0.05) is 6.07 Å². The summed E-state index contributed by atoms with van der Waals surface area (Å²) in [5, 5.41) is 10.8. The highest BCUT2D eigenvalue weighted by Gasteiger charge is 2.17. The summed E-state index contributed by atoms with van der Waals surface area (Å²) < 4.78 is 28.3. The van der Waals surface area contributed by atoms with E-state index in [1.165, 1.54) is 29.2 Å². The molecule has 2 rings (SSSR count). The number of hydrogen-bond acceptors (Lipinski definition) is 6. The van der Waals surface area contributed by atoms with Crippen LogP contribution in [-0.4, -0.2) is 51.9 Å². The quantitative estimate of drug-likeness (QED) is 0.578. The minimum absolute atomic E-state index is 0.0413. The van der Waals surface area contributed by atoms with E-state index in [1.807, 2.05) is 13.0 Å². The van der Waals surface area contributed by atoms with Crippen LogP contribution >= 0.6 is 0 Å². The van der Waals surface area contributed by atoms with Gasteiger partial charge in [-0.3, -0.25) is 9.59 Å². The molecular weight excluding hydrogens is 408 g/mol. The molecule has 0 aliphatic heterocycles. The Morgan fingerprint density at radius 1 is 1.13 bits per heavy atom. The zero-order valence-electron chi connectivity index (χ0n) is 17.3. The van der Waals surface area contributed by atoms with Gasteiger partial charge in [-0.25, -0.2) is 13.6 Å². The third-order valence-corrected chi connectivity index (χ3v) is 5.13. The monoisotopic (exact) mass is 434 g/mol. The van der Waals surface area contributed by atoms with Crippen molar-refractivity contribution in [1.82, 2.24) is 4.90 Å². The van der Waals surface area contributed by atoms with Crippen LogP contribution in [0.1, 0.15) is 12.5 Å². The molecule has 4 N–H and O–H groups in total. The van der Waals surface area contributed by atoms with Crippen molar-refractivity contribution >= 4 is 33.2 Å². The first-order valence-corrected chi connectivity index (χ1v) is 10.7. The number of sulfonamides is 1. The number of nitrogens with one attached hydrogen (secondary N) is 2. The molecule has 0 saturated heterocycles. The Bertz CT molecular complexity index is 1020. The first-order chi connectivity index (χ1) is 14.0. The number of aryl methyl sites for hydroxylation is 1. The van der Waals surface area contributed by atoms with Gasteiger partial charge in [-0.05, 0) is 55.8 Å². The molecule has 2 aromatic carbocycles. The van der Waals surface area contributed by atoms with Gasteiger partial charge in [0, 0.05) is 19.8 Å². The summed E-state index contributed by atoms with van der Waals surface area (Å²) in [4.78, 5) is 25.7. The standard InChI is InChI=1S/C20H26N4O5S/c1-13-5-10-17(18(11-13)29-12-19(25)24(3)4)22-14(2)20(26)23-15-6-8-16(9-7-15)30(21,27)28/h5-11,14,22H,12H2,1-4H3,(H,23,26)(H2,21,27,28). The maximum absolute atomic E-state index is 12.5. The molecule has 0 fully saturated rings. The van der Waals surface area contributed by atoms with Crippen LogP contribution in [0.4, 0.5) is 11.4 Å². The van der Waals surface area contributed by atoms with Crippen LogP contribution in [0.15, 0.2) is 47.4 Å². The second-order valence-corrected chi connectivity index (χ2v) is 8.56. The second-order valence-electron chi connectivity index (χ2n) is 7.00. The Morgan fingerprint density at radius 3 is 2.33 bits per heavy atom. The van der Waals surface area contributed by atoms with Gasteiger partial charge < -0.3 is 20.3 Å². The lowest BCUT2D eigenvalue weighted by atomic mass is 10.2. The highest BCUT2D eigenvalue weighted by atomic mass is 32.2. The number of primary sulfonamides is 1. The molecule has 1 unspecified atom stereocenters. The first-order valence-electron chi connectivity index (χ1n) is 9.11. The summed E-state index contributed by atoms with van der Waals surface area (Å²) in [5.41, 5.74) is 1.94. The van der Waals surface area contributed by atoms with Gasteiger partial charge in [0.05, 0.1) is 10.6 Å². The van der Waals surface area contributed by atoms with Gasteiger partial charge in [-0.2, -0.15) is 0 Å². The van der Waals surface area contributed by atoms with Crippen molar-refractivity contribution in [3.63, 3.8) is 0 Å². The van der Waals surface area contributed by atoms with Crippen molar-refractivity contribution in [1.29, 1.82) is 0 Å². The van der Waals surface area contributed by atoms with E-state index in [9.17, 15) is 18.0 Å². The molecule has 0 bridgehead atoms. The maximum Gasteiger partial charge on any atom is 0.259 e. The van der Waals surface area contributed by atoms with Gasteiger partial charge >= 0.3 is 0 Å². The summed E-state index contributed by atoms with van der Waals surface area (Å²) in [6.07, 6.45) is 0. The summed E-state index contributed by atoms with van der Waals surface area (Å²) in [5.74, 6) is -0.0622. The lowest BCUT2D eigenvalue weighted by Crippen LogP contribution is -2.32. The van der Waals surface area contributed by atoms with Gasteiger partial charge in [0.2, 0.25) is 15.9 Å². The second kappa shape index (κ2) is 9.59. The number of carbonyl (C=O) groups is 2. The smallest absolute Gasteiger partial charge is 0.259 e. The Hall–Kier alpha value is -3.11. The van der Waals surface area contributed by atoms with Crippen molar-refractivity contribution in [3.05, 3.63) is 48.0 Å². The van der Waals surface area contributed by atoms with Crippen LogP contribution in [0.3, 0.4) is 0 Å². The SMILES string of the molecule is Cc1ccc(NC(C)C(=O)Nc2ccc(S(N)(=O)=O)cc2)c(OCC(=O)N(C)C)c1. The Morgan fingerprint density at radius 2 is 1.77 bits per heavy atom. The van der Waals surface area contributed by atoms with E-state index in [4.69, 9.17) is 9.88 Å². The highest BCUT2D eigenvalue weighted by Crippen LogP contribution is 2.26. The summed E-state index contributed by atoms with van der Waals surface area (Å²) in [6.45, 7) is 3.44. The van der Waals surface area contributed by atoms with Crippen molar-refractivity contribution in [2.45, 2.75) is 24.8 Å². The van der Waals surface area contributed by atoms with Crippen molar-refractivity contribution in [2.24, 2.45) is 5.14 Å². The number of anilines is 2. The van der Waals surface area contributed by atoms with Gasteiger partial charge in [0.1, 0.15) is 11.8 Å². The molecule has 0 aromatic heterocycles. The molecule has 162 valence electrons. The Kier molecular flexibility index (Phi) is 7.41. The fourth-order valence-corrected chi connectivity index (χ4v) is 2.93. The van der Waals surface area contributed by atoms with Crippen LogP contribution < -0.4 is 20.5 Å². The number of likely N-dealkylation sites (N-methyl/N-ethyl adjacent to an activating group) is 1. The van der Waals surface area contributed by atoms with Crippen molar-refractivity contribution in [2.75, 3.05) is 31.3 Å². The molecule has 2 amide bonds. The van der Waals surface area contributed by atoms with Gasteiger partial charge in [0.15, 0.2) is 6.61 Å². The number of nitrogens with zero attached hydrogens (tertiary/aromatic N) is 1. The van der Waals surface area contributed by atoms with Crippen molar-refractivity contribution in [3.8, 4) is 5.75 Å². The van der Waals surface area contributed by atoms with Crippen molar-refractivity contribution < 1.29 is 22.7 Å². The van der Waals surface area contributed by atoms with E-state index in [-0.39, 0.29) is 23.3 Å². The predicted octanol–water partition coefficient (Wildman–Crippen LogP) is 1.55. The zero-order chi connectivity index (χ0) is 22.5. The third-order valence-electron chi connectivity index (χ3n) is 4.20. The van der Waals surface area contributed by atoms with Crippen LogP contribution in [0, 0.1) is 6.92 Å². The molecule has 0 radical (unpaired) electrons. The predicted molar refractivity (Wildman–Crippen MR) is 115 cm³/mol. The van der Waals surface area contributed by atoms with E-state index >= 15 is 0 Å². The lowest BCUT2D eigenvalue weighted by molar-refractivity contribution is -0.130. The zero-order valence-corrected chi connectivity index (χ0v) is 18.1. The lowest BCUT2D eigenvalue weighted by Gasteiger charge is -2.19. The normalized spacial score (nSPS) is 12.0. The maximum atomic E-state index is 12.5. The molecule has 0 aliphatic carbocycles. The highest BCUT2D eigenvalue weighted by molar-refractivity contribution is 7.89. The summed E-state index contributed by atoms with van der Waals surface area (Å²) in [6, 6.07) is 10.3. The van der Waals surface area contributed by atoms with Gasteiger partial charge in [0.25, 0.3) is 5.91 Å². The first kappa shape index (κ1) is 23.2. The number of hydrogen-bond donors (Lipinski definition) is 3. The van der Waals surface area contributed by atoms with E-state index in [1.54, 1.807) is 33.2 Å². The fourth-order valence-electron chi connectivity index (χ4n) is 2.41. The molecule has 1 atom stereocenters. The minimum atomic E-state index is -3.80. The Labute approximate surface area is 176 Å². The molecule has 0 saturated carbocycles. The van der Waals surface area contributed by atoms with E-state index < -0.39 is 16.1 Å².